The van der Waals surface area contributed by atoms with E-state index in [-0.39, 0.29) is 29.7 Å². The molecule has 0 aliphatic heterocycles. The molecule has 0 fully saturated rings. The molecule has 8 nitrogen and oxygen atoms in total. The van der Waals surface area contributed by atoms with Crippen molar-refractivity contribution < 1.29 is 14.1 Å². The quantitative estimate of drug-likeness (QED) is 0.704. The van der Waals surface area contributed by atoms with Crippen molar-refractivity contribution in [2.45, 2.75) is 19.6 Å². The van der Waals surface area contributed by atoms with Crippen LogP contribution in [0.25, 0.3) is 11.4 Å². The number of hydrogen-bond acceptors (Lipinski definition) is 6. The van der Waals surface area contributed by atoms with E-state index < -0.39 is 6.10 Å². The number of rotatable bonds is 6. The lowest BCUT2D eigenvalue weighted by Gasteiger charge is -2.13. The van der Waals surface area contributed by atoms with Gasteiger partial charge in [0, 0.05) is 6.20 Å². The van der Waals surface area contributed by atoms with Gasteiger partial charge in [0.05, 0.1) is 12.1 Å². The van der Waals surface area contributed by atoms with Crippen LogP contribution in [0, 0.1) is 0 Å². The molecular formula is C17H16N4O4. The number of carbonyl (C=O) groups is 1. The molecule has 1 aromatic carbocycles. The highest BCUT2D eigenvalue weighted by Crippen LogP contribution is 2.12. The molecule has 1 amide bonds. The maximum absolute atomic E-state index is 12.1. The number of aromatic nitrogens is 3. The van der Waals surface area contributed by atoms with E-state index in [2.05, 4.69) is 20.4 Å². The highest BCUT2D eigenvalue weighted by molar-refractivity contribution is 5.80. The Bertz CT molecular complexity index is 904. The molecule has 0 radical (unpaired) electrons. The molecule has 0 spiro atoms. The van der Waals surface area contributed by atoms with E-state index in [1.165, 1.54) is 6.20 Å². The number of nitrogens with one attached hydrogen (secondary N) is 2. The van der Waals surface area contributed by atoms with Crippen LogP contribution in [0.15, 0.2) is 58.0 Å². The summed E-state index contributed by atoms with van der Waals surface area (Å²) >= 11 is 0. The van der Waals surface area contributed by atoms with Crippen LogP contribution in [-0.2, 0) is 11.3 Å². The molecule has 25 heavy (non-hydrogen) atoms. The number of benzene rings is 1. The fourth-order valence-corrected chi connectivity index (χ4v) is 2.10. The molecular weight excluding hydrogens is 324 g/mol. The van der Waals surface area contributed by atoms with Gasteiger partial charge >= 0.3 is 0 Å². The number of para-hydroxylation sites is 1. The molecule has 0 unspecified atom stereocenters. The van der Waals surface area contributed by atoms with E-state index in [1.54, 1.807) is 31.2 Å². The zero-order valence-electron chi connectivity index (χ0n) is 13.4. The van der Waals surface area contributed by atoms with Gasteiger partial charge in [-0.05, 0) is 31.2 Å². The Labute approximate surface area is 142 Å². The van der Waals surface area contributed by atoms with Crippen LogP contribution in [0.2, 0.25) is 0 Å². The highest BCUT2D eigenvalue weighted by Gasteiger charge is 2.16. The van der Waals surface area contributed by atoms with Crippen molar-refractivity contribution in [3.63, 3.8) is 0 Å². The minimum atomic E-state index is -0.679. The summed E-state index contributed by atoms with van der Waals surface area (Å²) in [6.07, 6.45) is 0.836. The van der Waals surface area contributed by atoms with Gasteiger partial charge < -0.3 is 19.6 Å². The van der Waals surface area contributed by atoms with Gasteiger partial charge in [0.1, 0.15) is 5.75 Å². The number of hydrogen-bond donors (Lipinski definition) is 2. The average molecular weight is 340 g/mol. The molecule has 0 saturated carbocycles. The van der Waals surface area contributed by atoms with Gasteiger partial charge in [-0.15, -0.1) is 0 Å². The highest BCUT2D eigenvalue weighted by atomic mass is 16.5. The minimum absolute atomic E-state index is 0.0407. The molecule has 2 N–H and O–H groups in total. The number of aromatic amines is 1. The van der Waals surface area contributed by atoms with Crippen LogP contribution in [0.1, 0.15) is 12.8 Å². The molecule has 0 bridgehead atoms. The summed E-state index contributed by atoms with van der Waals surface area (Å²) in [5.41, 5.74) is -0.0200. The standard InChI is InChI=1S/C17H16N4O4/c1-11(24-12-6-3-2-4-7-12)16(22)19-10-14-20-15(21-25-14)13-8-5-9-18-17(13)23/h2-9,11H,10H2,1H3,(H,18,23)(H,19,22)/t11-/m0/s1. The predicted molar refractivity (Wildman–Crippen MR) is 88.7 cm³/mol. The second-order valence-electron chi connectivity index (χ2n) is 5.22. The third-order valence-corrected chi connectivity index (χ3v) is 3.37. The molecule has 2 aromatic heterocycles. The van der Waals surface area contributed by atoms with Crippen LogP contribution < -0.4 is 15.6 Å². The Morgan fingerprint density at radius 3 is 2.84 bits per heavy atom. The van der Waals surface area contributed by atoms with Crippen molar-refractivity contribution in [2.75, 3.05) is 0 Å². The minimum Gasteiger partial charge on any atom is -0.481 e. The molecule has 8 heteroatoms. The number of H-pyrrole nitrogens is 1. The Balaban J connectivity index is 1.58. The van der Waals surface area contributed by atoms with Crippen LogP contribution >= 0.6 is 0 Å². The normalized spacial score (nSPS) is 11.7. The van der Waals surface area contributed by atoms with Gasteiger partial charge in [-0.2, -0.15) is 4.98 Å². The summed E-state index contributed by atoms with van der Waals surface area (Å²) in [5, 5.41) is 6.40. The van der Waals surface area contributed by atoms with E-state index in [4.69, 9.17) is 9.26 Å². The van der Waals surface area contributed by atoms with E-state index in [0.29, 0.717) is 11.3 Å². The van der Waals surface area contributed by atoms with E-state index in [9.17, 15) is 9.59 Å². The van der Waals surface area contributed by atoms with E-state index in [0.717, 1.165) is 0 Å². The van der Waals surface area contributed by atoms with Crippen molar-refractivity contribution in [3.8, 4) is 17.1 Å². The number of amides is 1. The molecule has 2 heterocycles. The monoisotopic (exact) mass is 340 g/mol. The molecule has 0 aliphatic rings. The van der Waals surface area contributed by atoms with Crippen molar-refractivity contribution in [1.29, 1.82) is 0 Å². The van der Waals surface area contributed by atoms with Gasteiger partial charge in [-0.3, -0.25) is 9.59 Å². The van der Waals surface area contributed by atoms with Gasteiger partial charge in [0.15, 0.2) is 6.10 Å². The Kier molecular flexibility index (Phi) is 4.89. The Morgan fingerprint density at radius 1 is 1.28 bits per heavy atom. The first-order chi connectivity index (χ1) is 12.1. The molecule has 0 aliphatic carbocycles. The largest absolute Gasteiger partial charge is 0.481 e. The number of carbonyl (C=O) groups excluding carboxylic acids is 1. The van der Waals surface area contributed by atoms with E-state index in [1.807, 2.05) is 18.2 Å². The second-order valence-corrected chi connectivity index (χ2v) is 5.22. The fourth-order valence-electron chi connectivity index (χ4n) is 2.10. The smallest absolute Gasteiger partial charge is 0.261 e. The Morgan fingerprint density at radius 2 is 2.08 bits per heavy atom. The lowest BCUT2D eigenvalue weighted by atomic mass is 10.3. The Hall–Kier alpha value is -3.42. The van der Waals surface area contributed by atoms with Crippen LogP contribution in [-0.4, -0.2) is 27.1 Å². The summed E-state index contributed by atoms with van der Waals surface area (Å²) in [6, 6.07) is 12.3. The predicted octanol–water partition coefficient (Wildman–Crippen LogP) is 1.51. The SMILES string of the molecule is C[C@H](Oc1ccccc1)C(=O)NCc1nc(-c2ccc[nH]c2=O)no1. The molecule has 3 aromatic rings. The third kappa shape index (κ3) is 4.11. The second kappa shape index (κ2) is 7.43. The zero-order valence-corrected chi connectivity index (χ0v) is 13.4. The van der Waals surface area contributed by atoms with Gasteiger partial charge in [0.25, 0.3) is 11.5 Å². The molecule has 1 atom stereocenters. The first kappa shape index (κ1) is 16.4. The van der Waals surface area contributed by atoms with E-state index >= 15 is 0 Å². The fraction of sp³-hybridized carbons (Fsp3) is 0.176. The number of pyridine rings is 1. The van der Waals surface area contributed by atoms with Crippen molar-refractivity contribution >= 4 is 5.91 Å². The zero-order chi connectivity index (χ0) is 17.6. The first-order valence-electron chi connectivity index (χ1n) is 7.63. The lowest BCUT2D eigenvalue weighted by molar-refractivity contribution is -0.127. The van der Waals surface area contributed by atoms with Crippen LogP contribution in [0.5, 0.6) is 5.75 Å². The van der Waals surface area contributed by atoms with Crippen LogP contribution in [0.3, 0.4) is 0 Å². The van der Waals surface area contributed by atoms with Gasteiger partial charge in [-0.25, -0.2) is 0 Å². The van der Waals surface area contributed by atoms with Crippen molar-refractivity contribution in [1.82, 2.24) is 20.4 Å². The summed E-state index contributed by atoms with van der Waals surface area (Å²) in [4.78, 5) is 30.4. The first-order valence-corrected chi connectivity index (χ1v) is 7.63. The molecule has 3 rings (SSSR count). The van der Waals surface area contributed by atoms with Crippen LogP contribution in [0.4, 0.5) is 0 Å². The maximum atomic E-state index is 12.1. The number of ether oxygens (including phenoxy) is 1. The third-order valence-electron chi connectivity index (χ3n) is 3.37. The lowest BCUT2D eigenvalue weighted by Crippen LogP contribution is -2.35. The van der Waals surface area contributed by atoms with Gasteiger partial charge in [0.2, 0.25) is 11.7 Å². The number of nitrogens with zero attached hydrogens (tertiary/aromatic N) is 2. The van der Waals surface area contributed by atoms with Gasteiger partial charge in [-0.1, -0.05) is 23.4 Å². The summed E-state index contributed by atoms with van der Waals surface area (Å²) < 4.78 is 10.6. The average Bonchev–Trinajstić information content (AvgIpc) is 3.09. The maximum Gasteiger partial charge on any atom is 0.261 e. The summed E-state index contributed by atoms with van der Waals surface area (Å²) in [5.74, 6) is 0.646. The molecule has 0 saturated heterocycles. The topological polar surface area (TPSA) is 110 Å². The summed E-state index contributed by atoms with van der Waals surface area (Å²) in [7, 11) is 0. The molecule has 128 valence electrons. The van der Waals surface area contributed by atoms with Crippen molar-refractivity contribution in [2.24, 2.45) is 0 Å². The summed E-state index contributed by atoms with van der Waals surface area (Å²) in [6.45, 7) is 1.68. The van der Waals surface area contributed by atoms with Crippen molar-refractivity contribution in [3.05, 3.63) is 64.9 Å².